The molecule has 4 heteroatoms. The minimum atomic E-state index is -0.00392. The normalized spacial score (nSPS) is 11.7. The number of hydrogen-bond acceptors (Lipinski definition) is 4. The molecule has 21 heavy (non-hydrogen) atoms. The van der Waals surface area contributed by atoms with Gasteiger partial charge in [0.1, 0.15) is 17.4 Å². The van der Waals surface area contributed by atoms with Crippen LogP contribution in [0.2, 0.25) is 0 Å². The monoisotopic (exact) mass is 285 g/mol. The summed E-state index contributed by atoms with van der Waals surface area (Å²) in [5.41, 5.74) is 6.97. The summed E-state index contributed by atoms with van der Waals surface area (Å²) in [5.74, 6) is 2.62. The zero-order valence-electron chi connectivity index (χ0n) is 13.3. The smallest absolute Gasteiger partial charge is 0.224 e. The molecule has 0 aliphatic carbocycles. The lowest BCUT2D eigenvalue weighted by Gasteiger charge is -2.22. The van der Waals surface area contributed by atoms with E-state index in [9.17, 15) is 0 Å². The molecule has 2 rings (SSSR count). The van der Waals surface area contributed by atoms with E-state index < -0.39 is 0 Å². The first-order valence-electron chi connectivity index (χ1n) is 7.19. The van der Waals surface area contributed by atoms with E-state index in [2.05, 4.69) is 36.8 Å². The molecule has 0 fully saturated rings. The Kier molecular flexibility index (Phi) is 4.16. The van der Waals surface area contributed by atoms with Crippen molar-refractivity contribution < 1.29 is 4.74 Å². The Labute approximate surface area is 126 Å². The van der Waals surface area contributed by atoms with Crippen molar-refractivity contribution in [1.82, 2.24) is 9.97 Å². The van der Waals surface area contributed by atoms with Gasteiger partial charge in [-0.3, -0.25) is 0 Å². The van der Waals surface area contributed by atoms with Crippen LogP contribution in [0.3, 0.4) is 0 Å². The molecule has 0 unspecified atom stereocenters. The third kappa shape index (κ3) is 3.72. The quantitative estimate of drug-likeness (QED) is 0.914. The van der Waals surface area contributed by atoms with Crippen LogP contribution in [-0.4, -0.2) is 9.97 Å². The van der Waals surface area contributed by atoms with Gasteiger partial charge >= 0.3 is 0 Å². The maximum Gasteiger partial charge on any atom is 0.224 e. The van der Waals surface area contributed by atoms with Crippen molar-refractivity contribution in [2.75, 3.05) is 5.73 Å². The number of nitrogen functional groups attached to an aromatic ring is 1. The molecule has 0 amide bonds. The van der Waals surface area contributed by atoms with Crippen molar-refractivity contribution in [3.05, 3.63) is 41.7 Å². The molecule has 0 saturated heterocycles. The Balaban J connectivity index is 2.39. The van der Waals surface area contributed by atoms with Crippen LogP contribution >= 0.6 is 0 Å². The van der Waals surface area contributed by atoms with Gasteiger partial charge in [0.15, 0.2) is 0 Å². The lowest BCUT2D eigenvalue weighted by molar-refractivity contribution is 0.436. The standard InChI is InChI=1S/C17H23N3O/c1-11(2)16-19-14(18)10-15(20-16)21-13-9-7-6-8-12(13)17(3,4)5/h6-11H,1-5H3,(H2,18,19,20). The lowest BCUT2D eigenvalue weighted by Crippen LogP contribution is -2.12. The highest BCUT2D eigenvalue weighted by molar-refractivity contribution is 5.42. The molecule has 0 aliphatic rings. The van der Waals surface area contributed by atoms with Gasteiger partial charge in [0.05, 0.1) is 0 Å². The molecular weight excluding hydrogens is 262 g/mol. The lowest BCUT2D eigenvalue weighted by atomic mass is 9.86. The second-order valence-electron chi connectivity index (χ2n) is 6.49. The van der Waals surface area contributed by atoms with Gasteiger partial charge in [-0.1, -0.05) is 52.8 Å². The highest BCUT2D eigenvalue weighted by atomic mass is 16.5. The van der Waals surface area contributed by atoms with E-state index in [1.165, 1.54) is 0 Å². The number of benzene rings is 1. The molecular formula is C17H23N3O. The number of para-hydroxylation sites is 1. The van der Waals surface area contributed by atoms with E-state index in [0.29, 0.717) is 17.5 Å². The SMILES string of the molecule is CC(C)c1nc(N)cc(Oc2ccccc2C(C)(C)C)n1. The predicted octanol–water partition coefficient (Wildman–Crippen LogP) is 4.27. The van der Waals surface area contributed by atoms with E-state index in [1.807, 2.05) is 32.0 Å². The summed E-state index contributed by atoms with van der Waals surface area (Å²) >= 11 is 0. The number of hydrogen-bond donors (Lipinski definition) is 1. The van der Waals surface area contributed by atoms with Crippen LogP contribution in [0.25, 0.3) is 0 Å². The molecule has 1 heterocycles. The van der Waals surface area contributed by atoms with Crippen LogP contribution in [0.4, 0.5) is 5.82 Å². The summed E-state index contributed by atoms with van der Waals surface area (Å²) < 4.78 is 5.98. The van der Waals surface area contributed by atoms with Crippen LogP contribution in [0, 0.1) is 0 Å². The molecule has 0 spiro atoms. The van der Waals surface area contributed by atoms with Crippen LogP contribution in [0.5, 0.6) is 11.6 Å². The van der Waals surface area contributed by atoms with E-state index in [4.69, 9.17) is 10.5 Å². The fraction of sp³-hybridized carbons (Fsp3) is 0.412. The van der Waals surface area contributed by atoms with Crippen LogP contribution < -0.4 is 10.5 Å². The third-order valence-corrected chi connectivity index (χ3v) is 3.17. The number of nitrogens with two attached hydrogens (primary N) is 1. The minimum Gasteiger partial charge on any atom is -0.439 e. The topological polar surface area (TPSA) is 61.0 Å². The van der Waals surface area contributed by atoms with Gasteiger partial charge in [-0.15, -0.1) is 0 Å². The second-order valence-corrected chi connectivity index (χ2v) is 6.49. The Morgan fingerprint density at radius 1 is 1.10 bits per heavy atom. The first-order valence-corrected chi connectivity index (χ1v) is 7.19. The number of anilines is 1. The third-order valence-electron chi connectivity index (χ3n) is 3.17. The fourth-order valence-electron chi connectivity index (χ4n) is 2.06. The van der Waals surface area contributed by atoms with E-state index in [1.54, 1.807) is 6.07 Å². The largest absolute Gasteiger partial charge is 0.439 e. The van der Waals surface area contributed by atoms with Crippen molar-refractivity contribution in [1.29, 1.82) is 0 Å². The molecule has 1 aromatic heterocycles. The van der Waals surface area contributed by atoms with Crippen molar-refractivity contribution in [2.45, 2.75) is 46.0 Å². The molecule has 1 aromatic carbocycles. The van der Waals surface area contributed by atoms with E-state index >= 15 is 0 Å². The molecule has 0 aliphatic heterocycles. The van der Waals surface area contributed by atoms with Crippen molar-refractivity contribution in [3.63, 3.8) is 0 Å². The van der Waals surface area contributed by atoms with Gasteiger partial charge in [-0.2, -0.15) is 4.98 Å². The number of ether oxygens (including phenoxy) is 1. The zero-order valence-corrected chi connectivity index (χ0v) is 13.3. The molecule has 2 N–H and O–H groups in total. The van der Waals surface area contributed by atoms with Crippen molar-refractivity contribution >= 4 is 5.82 Å². The fourth-order valence-corrected chi connectivity index (χ4v) is 2.06. The number of aromatic nitrogens is 2. The van der Waals surface area contributed by atoms with Crippen LogP contribution in [0.1, 0.15) is 51.9 Å². The molecule has 0 atom stereocenters. The predicted molar refractivity (Wildman–Crippen MR) is 85.7 cm³/mol. The van der Waals surface area contributed by atoms with E-state index in [0.717, 1.165) is 11.3 Å². The summed E-state index contributed by atoms with van der Waals surface area (Å²) in [4.78, 5) is 8.67. The number of nitrogens with zero attached hydrogens (tertiary/aromatic N) is 2. The molecule has 2 aromatic rings. The van der Waals surface area contributed by atoms with E-state index in [-0.39, 0.29) is 11.3 Å². The summed E-state index contributed by atoms with van der Waals surface area (Å²) in [6, 6.07) is 9.66. The average molecular weight is 285 g/mol. The maximum absolute atomic E-state index is 5.98. The van der Waals surface area contributed by atoms with Crippen molar-refractivity contribution in [2.24, 2.45) is 0 Å². The number of rotatable bonds is 3. The van der Waals surface area contributed by atoms with Gasteiger partial charge in [0.2, 0.25) is 5.88 Å². The average Bonchev–Trinajstić information content (AvgIpc) is 2.37. The Bertz CT molecular complexity index is 630. The van der Waals surface area contributed by atoms with Crippen molar-refractivity contribution in [3.8, 4) is 11.6 Å². The van der Waals surface area contributed by atoms with Gasteiger partial charge in [-0.25, -0.2) is 4.98 Å². The first kappa shape index (κ1) is 15.3. The van der Waals surface area contributed by atoms with Gasteiger partial charge in [0.25, 0.3) is 0 Å². The van der Waals surface area contributed by atoms with Gasteiger partial charge < -0.3 is 10.5 Å². The summed E-state index contributed by atoms with van der Waals surface area (Å²) in [5, 5.41) is 0. The highest BCUT2D eigenvalue weighted by Crippen LogP contribution is 2.33. The molecule has 0 bridgehead atoms. The highest BCUT2D eigenvalue weighted by Gasteiger charge is 2.19. The Morgan fingerprint density at radius 2 is 1.76 bits per heavy atom. The molecule has 4 nitrogen and oxygen atoms in total. The van der Waals surface area contributed by atoms with Crippen LogP contribution in [-0.2, 0) is 5.41 Å². The summed E-state index contributed by atoms with van der Waals surface area (Å²) in [7, 11) is 0. The molecule has 112 valence electrons. The zero-order chi connectivity index (χ0) is 15.6. The van der Waals surface area contributed by atoms with Gasteiger partial charge in [-0.05, 0) is 11.5 Å². The van der Waals surface area contributed by atoms with Crippen LogP contribution in [0.15, 0.2) is 30.3 Å². The Hall–Kier alpha value is -2.10. The minimum absolute atomic E-state index is 0.00392. The molecule has 0 radical (unpaired) electrons. The first-order chi connectivity index (χ1) is 9.77. The second kappa shape index (κ2) is 5.72. The summed E-state index contributed by atoms with van der Waals surface area (Å²) in [6.07, 6.45) is 0. The molecule has 0 saturated carbocycles. The Morgan fingerprint density at radius 3 is 2.38 bits per heavy atom. The summed E-state index contributed by atoms with van der Waals surface area (Å²) in [6.45, 7) is 10.5. The van der Waals surface area contributed by atoms with Gasteiger partial charge in [0, 0.05) is 17.5 Å². The maximum atomic E-state index is 5.98.